The smallest absolute Gasteiger partial charge is 0.277 e. The summed E-state index contributed by atoms with van der Waals surface area (Å²) in [6, 6.07) is 9.62. The molecule has 3 aliphatic heterocycles. The van der Waals surface area contributed by atoms with Gasteiger partial charge in [-0.15, -0.1) is 0 Å². The van der Waals surface area contributed by atoms with Gasteiger partial charge in [-0.1, -0.05) is 37.3 Å². The van der Waals surface area contributed by atoms with Crippen molar-refractivity contribution >= 4 is 17.4 Å². The number of amides is 2. The van der Waals surface area contributed by atoms with Gasteiger partial charge in [-0.25, -0.2) is 0 Å². The Morgan fingerprint density at radius 1 is 0.828 bits per heavy atom. The van der Waals surface area contributed by atoms with Gasteiger partial charge in [0, 0.05) is 52.4 Å². The number of ether oxygens (including phenoxy) is 1. The molecular formula is C22H30N4O3. The Bertz CT molecular complexity index is 766. The first-order chi connectivity index (χ1) is 14.2. The Kier molecular flexibility index (Phi) is 6.28. The molecule has 1 aromatic rings. The van der Waals surface area contributed by atoms with Crippen molar-refractivity contribution in [1.82, 2.24) is 19.6 Å². The summed E-state index contributed by atoms with van der Waals surface area (Å²) in [5, 5.41) is 0. The van der Waals surface area contributed by atoms with Gasteiger partial charge in [0.1, 0.15) is 5.70 Å². The second-order valence-electron chi connectivity index (χ2n) is 7.73. The third-order valence-electron chi connectivity index (χ3n) is 6.09. The fraction of sp³-hybridized carbons (Fsp3) is 0.545. The largest absolute Gasteiger partial charge is 0.379 e. The molecular weight excluding hydrogens is 368 g/mol. The molecule has 0 N–H and O–H groups in total. The van der Waals surface area contributed by atoms with E-state index in [2.05, 4.69) is 21.6 Å². The standard InChI is InChI=1S/C22H30N4O3/c1-2-23-8-11-25(12-9-23)20-19(18-6-4-3-5-7-18)21(27)26(22(20)28)13-10-24-14-16-29-17-15-24/h3-7H,2,8-17H2,1H3. The molecule has 156 valence electrons. The summed E-state index contributed by atoms with van der Waals surface area (Å²) in [7, 11) is 0. The van der Waals surface area contributed by atoms with Gasteiger partial charge in [0.2, 0.25) is 0 Å². The van der Waals surface area contributed by atoms with Crippen molar-refractivity contribution < 1.29 is 14.3 Å². The third kappa shape index (κ3) is 4.22. The minimum Gasteiger partial charge on any atom is -0.379 e. The van der Waals surface area contributed by atoms with Gasteiger partial charge in [-0.05, 0) is 12.1 Å². The number of rotatable bonds is 6. The molecule has 7 nitrogen and oxygen atoms in total. The molecule has 3 heterocycles. The molecule has 0 atom stereocenters. The van der Waals surface area contributed by atoms with E-state index in [9.17, 15) is 9.59 Å². The molecule has 0 saturated carbocycles. The van der Waals surface area contributed by atoms with Crippen LogP contribution in [0.4, 0.5) is 0 Å². The van der Waals surface area contributed by atoms with E-state index in [0.29, 0.717) is 37.6 Å². The fourth-order valence-electron chi connectivity index (χ4n) is 4.28. The first-order valence-corrected chi connectivity index (χ1v) is 10.6. The lowest BCUT2D eigenvalue weighted by Gasteiger charge is -2.36. The van der Waals surface area contributed by atoms with E-state index < -0.39 is 0 Å². The number of piperazine rings is 1. The predicted octanol–water partition coefficient (Wildman–Crippen LogP) is 0.736. The molecule has 29 heavy (non-hydrogen) atoms. The maximum atomic E-state index is 13.4. The summed E-state index contributed by atoms with van der Waals surface area (Å²) in [5.74, 6) is -0.311. The van der Waals surface area contributed by atoms with Crippen LogP contribution in [-0.2, 0) is 14.3 Å². The van der Waals surface area contributed by atoms with E-state index in [4.69, 9.17) is 4.74 Å². The number of hydrogen-bond acceptors (Lipinski definition) is 6. The van der Waals surface area contributed by atoms with Crippen LogP contribution in [0.5, 0.6) is 0 Å². The molecule has 0 radical (unpaired) electrons. The lowest BCUT2D eigenvalue weighted by Crippen LogP contribution is -2.48. The van der Waals surface area contributed by atoms with Crippen LogP contribution in [0, 0.1) is 0 Å². The van der Waals surface area contributed by atoms with Gasteiger partial charge in [-0.2, -0.15) is 0 Å². The van der Waals surface area contributed by atoms with Crippen LogP contribution in [0.2, 0.25) is 0 Å². The Morgan fingerprint density at radius 3 is 2.17 bits per heavy atom. The zero-order chi connectivity index (χ0) is 20.2. The van der Waals surface area contributed by atoms with E-state index in [1.165, 1.54) is 4.90 Å². The van der Waals surface area contributed by atoms with Crippen LogP contribution in [0.1, 0.15) is 12.5 Å². The van der Waals surface area contributed by atoms with Crippen LogP contribution < -0.4 is 0 Å². The molecule has 1 aromatic carbocycles. The number of benzene rings is 1. The Labute approximate surface area is 172 Å². The van der Waals surface area contributed by atoms with Crippen LogP contribution in [-0.4, -0.2) is 104 Å². The average Bonchev–Trinajstić information content (AvgIpc) is 3.03. The van der Waals surface area contributed by atoms with E-state index >= 15 is 0 Å². The van der Waals surface area contributed by atoms with Crippen LogP contribution >= 0.6 is 0 Å². The molecule has 2 saturated heterocycles. The monoisotopic (exact) mass is 398 g/mol. The normalized spacial score (nSPS) is 22.1. The first kappa shape index (κ1) is 20.1. The summed E-state index contributed by atoms with van der Waals surface area (Å²) >= 11 is 0. The lowest BCUT2D eigenvalue weighted by molar-refractivity contribution is -0.138. The minimum absolute atomic E-state index is 0.146. The van der Waals surface area contributed by atoms with Crippen LogP contribution in [0.25, 0.3) is 5.57 Å². The lowest BCUT2D eigenvalue weighted by atomic mass is 10.0. The number of likely N-dealkylation sites (N-methyl/N-ethyl adjacent to an activating group) is 1. The van der Waals surface area contributed by atoms with Crippen molar-refractivity contribution in [1.29, 1.82) is 0 Å². The number of hydrogen-bond donors (Lipinski definition) is 0. The highest BCUT2D eigenvalue weighted by Crippen LogP contribution is 2.32. The minimum atomic E-state index is -0.164. The van der Waals surface area contributed by atoms with Gasteiger partial charge >= 0.3 is 0 Å². The zero-order valence-corrected chi connectivity index (χ0v) is 17.2. The summed E-state index contributed by atoms with van der Waals surface area (Å²) in [6.07, 6.45) is 0. The van der Waals surface area contributed by atoms with Crippen molar-refractivity contribution in [2.75, 3.05) is 72.1 Å². The topological polar surface area (TPSA) is 56.3 Å². The Balaban J connectivity index is 1.56. The van der Waals surface area contributed by atoms with Gasteiger partial charge in [0.05, 0.1) is 18.8 Å². The predicted molar refractivity (Wildman–Crippen MR) is 111 cm³/mol. The van der Waals surface area contributed by atoms with Gasteiger partial charge in [0.15, 0.2) is 0 Å². The molecule has 0 bridgehead atoms. The molecule has 4 rings (SSSR count). The highest BCUT2D eigenvalue weighted by molar-refractivity contribution is 6.35. The third-order valence-corrected chi connectivity index (χ3v) is 6.09. The number of carbonyl (C=O) groups is 2. The molecule has 0 unspecified atom stereocenters. The summed E-state index contributed by atoms with van der Waals surface area (Å²) < 4.78 is 5.39. The van der Waals surface area contributed by atoms with E-state index in [0.717, 1.165) is 51.4 Å². The van der Waals surface area contributed by atoms with Crippen molar-refractivity contribution in [3.63, 3.8) is 0 Å². The maximum Gasteiger partial charge on any atom is 0.277 e. The number of morpholine rings is 1. The van der Waals surface area contributed by atoms with Crippen LogP contribution in [0.3, 0.4) is 0 Å². The van der Waals surface area contributed by atoms with Gasteiger partial charge < -0.3 is 14.5 Å². The van der Waals surface area contributed by atoms with Crippen molar-refractivity contribution in [3.8, 4) is 0 Å². The molecule has 0 aromatic heterocycles. The second-order valence-corrected chi connectivity index (χ2v) is 7.73. The molecule has 2 fully saturated rings. The average molecular weight is 399 g/mol. The number of imide groups is 1. The van der Waals surface area contributed by atoms with Crippen molar-refractivity contribution in [3.05, 3.63) is 41.6 Å². The number of carbonyl (C=O) groups excluding carboxylic acids is 2. The SMILES string of the molecule is CCN1CCN(C2=C(c3ccccc3)C(=O)N(CCN3CCOCC3)C2=O)CC1. The molecule has 0 spiro atoms. The first-order valence-electron chi connectivity index (χ1n) is 10.6. The van der Waals surface area contributed by atoms with Gasteiger partial charge in [-0.3, -0.25) is 19.4 Å². The fourth-order valence-corrected chi connectivity index (χ4v) is 4.28. The zero-order valence-electron chi connectivity index (χ0n) is 17.2. The van der Waals surface area contributed by atoms with Crippen molar-refractivity contribution in [2.24, 2.45) is 0 Å². The van der Waals surface area contributed by atoms with Crippen LogP contribution in [0.15, 0.2) is 36.0 Å². The summed E-state index contributed by atoms with van der Waals surface area (Å²) in [6.45, 7) is 10.8. The van der Waals surface area contributed by atoms with Gasteiger partial charge in [0.25, 0.3) is 11.8 Å². The summed E-state index contributed by atoms with van der Waals surface area (Å²) in [5.41, 5.74) is 1.97. The highest BCUT2D eigenvalue weighted by Gasteiger charge is 2.42. The maximum absolute atomic E-state index is 13.4. The van der Waals surface area contributed by atoms with Crippen molar-refractivity contribution in [2.45, 2.75) is 6.92 Å². The highest BCUT2D eigenvalue weighted by atomic mass is 16.5. The summed E-state index contributed by atoms with van der Waals surface area (Å²) in [4.78, 5) is 34.9. The Hall–Kier alpha value is -2.22. The molecule has 0 aliphatic carbocycles. The van der Waals surface area contributed by atoms with E-state index in [1.54, 1.807) is 0 Å². The second kappa shape index (κ2) is 9.07. The molecule has 3 aliphatic rings. The van der Waals surface area contributed by atoms with E-state index in [1.807, 2.05) is 30.3 Å². The Morgan fingerprint density at radius 2 is 1.52 bits per heavy atom. The quantitative estimate of drug-likeness (QED) is 0.659. The van der Waals surface area contributed by atoms with E-state index in [-0.39, 0.29) is 11.8 Å². The molecule has 7 heteroatoms. The number of nitrogens with zero attached hydrogens (tertiary/aromatic N) is 4. The molecule has 2 amide bonds.